The number of benzene rings is 1. The van der Waals surface area contributed by atoms with Crippen LogP contribution in [-0.4, -0.2) is 0 Å². The third-order valence-electron chi connectivity index (χ3n) is 2.47. The van der Waals surface area contributed by atoms with E-state index in [0.717, 1.165) is 28.8 Å². The Morgan fingerprint density at radius 3 is 2.44 bits per heavy atom. The Morgan fingerprint density at radius 2 is 1.88 bits per heavy atom. The summed E-state index contributed by atoms with van der Waals surface area (Å²) < 4.78 is 5.46. The summed E-state index contributed by atoms with van der Waals surface area (Å²) in [4.78, 5) is 0. The summed E-state index contributed by atoms with van der Waals surface area (Å²) in [6, 6.07) is 9.72. The molecule has 1 N–H and O–H groups in total. The van der Waals surface area contributed by atoms with Crippen LogP contribution in [0.4, 0.5) is 5.69 Å². The van der Waals surface area contributed by atoms with Gasteiger partial charge in [0, 0.05) is 22.8 Å². The fraction of sp³-hybridized carbons (Fsp3) is 0.231. The van der Waals surface area contributed by atoms with Crippen molar-refractivity contribution in [2.24, 2.45) is 0 Å². The first kappa shape index (κ1) is 11.1. The Bertz CT molecular complexity index is 473. The van der Waals surface area contributed by atoms with Crippen LogP contribution in [0.25, 0.3) is 0 Å². The van der Waals surface area contributed by atoms with Gasteiger partial charge in [0.05, 0.1) is 0 Å². The molecule has 0 atom stereocenters. The minimum absolute atomic E-state index is 0.751. The molecule has 1 aromatic carbocycles. The summed E-state index contributed by atoms with van der Waals surface area (Å²) >= 11 is 5.81. The highest BCUT2D eigenvalue weighted by Crippen LogP contribution is 2.17. The predicted molar refractivity (Wildman–Crippen MR) is 67.0 cm³/mol. The van der Waals surface area contributed by atoms with Crippen LogP contribution >= 0.6 is 11.6 Å². The highest BCUT2D eigenvalue weighted by molar-refractivity contribution is 6.30. The lowest BCUT2D eigenvalue weighted by Crippen LogP contribution is -1.98. The molecule has 0 unspecified atom stereocenters. The highest BCUT2D eigenvalue weighted by atomic mass is 35.5. The Morgan fingerprint density at radius 1 is 1.19 bits per heavy atom. The number of hydrogen-bond donors (Lipinski definition) is 1. The molecule has 0 amide bonds. The molecule has 3 heteroatoms. The maximum absolute atomic E-state index is 5.81. The van der Waals surface area contributed by atoms with Gasteiger partial charge in [-0.15, -0.1) is 0 Å². The second-order valence-corrected chi connectivity index (χ2v) is 4.24. The van der Waals surface area contributed by atoms with Gasteiger partial charge in [-0.3, -0.25) is 0 Å². The SMILES string of the molecule is Cc1cc(CNc2ccc(Cl)cc2)c(C)o1. The molecule has 0 saturated heterocycles. The maximum Gasteiger partial charge on any atom is 0.106 e. The number of anilines is 1. The van der Waals surface area contributed by atoms with Crippen LogP contribution in [-0.2, 0) is 6.54 Å². The van der Waals surface area contributed by atoms with Gasteiger partial charge in [-0.1, -0.05) is 11.6 Å². The van der Waals surface area contributed by atoms with Gasteiger partial charge in [0.2, 0.25) is 0 Å². The van der Waals surface area contributed by atoms with E-state index in [2.05, 4.69) is 11.4 Å². The highest BCUT2D eigenvalue weighted by Gasteiger charge is 2.03. The number of aryl methyl sites for hydroxylation is 2. The Balaban J connectivity index is 2.02. The Kier molecular flexibility index (Phi) is 3.20. The van der Waals surface area contributed by atoms with Crippen molar-refractivity contribution >= 4 is 17.3 Å². The summed E-state index contributed by atoms with van der Waals surface area (Å²) in [7, 11) is 0. The lowest BCUT2D eigenvalue weighted by molar-refractivity contribution is 0.501. The molecule has 2 aromatic rings. The molecule has 0 bridgehead atoms. The molecule has 0 aliphatic carbocycles. The van der Waals surface area contributed by atoms with E-state index in [1.807, 2.05) is 38.1 Å². The lowest BCUT2D eigenvalue weighted by atomic mass is 10.2. The normalized spacial score (nSPS) is 10.4. The molecular weight excluding hydrogens is 222 g/mol. The average molecular weight is 236 g/mol. The zero-order valence-electron chi connectivity index (χ0n) is 9.38. The summed E-state index contributed by atoms with van der Waals surface area (Å²) in [6.07, 6.45) is 0. The summed E-state index contributed by atoms with van der Waals surface area (Å²) in [5.74, 6) is 1.92. The Labute approximate surface area is 100 Å². The Hall–Kier alpha value is -1.41. The van der Waals surface area contributed by atoms with Gasteiger partial charge in [0.25, 0.3) is 0 Å². The second-order valence-electron chi connectivity index (χ2n) is 3.80. The summed E-state index contributed by atoms with van der Waals surface area (Å²) in [5.41, 5.74) is 2.25. The van der Waals surface area contributed by atoms with Crippen LogP contribution in [0.5, 0.6) is 0 Å². The minimum Gasteiger partial charge on any atom is -0.466 e. The van der Waals surface area contributed by atoms with Crippen LogP contribution in [0, 0.1) is 13.8 Å². The van der Waals surface area contributed by atoms with Crippen molar-refractivity contribution in [3.63, 3.8) is 0 Å². The van der Waals surface area contributed by atoms with E-state index in [0.29, 0.717) is 0 Å². The van der Waals surface area contributed by atoms with Gasteiger partial charge in [0.1, 0.15) is 11.5 Å². The average Bonchev–Trinajstić information content (AvgIpc) is 2.57. The van der Waals surface area contributed by atoms with Crippen LogP contribution in [0.15, 0.2) is 34.7 Å². The van der Waals surface area contributed by atoms with Crippen molar-refractivity contribution < 1.29 is 4.42 Å². The third kappa shape index (κ3) is 2.58. The molecule has 84 valence electrons. The number of furan rings is 1. The van der Waals surface area contributed by atoms with E-state index in [1.165, 1.54) is 5.56 Å². The molecule has 0 saturated carbocycles. The van der Waals surface area contributed by atoms with E-state index in [4.69, 9.17) is 16.0 Å². The standard InChI is InChI=1S/C13H14ClNO/c1-9-7-11(10(2)16-9)8-15-13-5-3-12(14)4-6-13/h3-7,15H,8H2,1-2H3. The minimum atomic E-state index is 0.751. The molecular formula is C13H14ClNO. The van der Waals surface area contributed by atoms with E-state index >= 15 is 0 Å². The van der Waals surface area contributed by atoms with Crippen LogP contribution in [0.2, 0.25) is 5.02 Å². The molecule has 0 aliphatic heterocycles. The second kappa shape index (κ2) is 4.62. The van der Waals surface area contributed by atoms with Crippen molar-refractivity contribution in [3.05, 3.63) is 52.4 Å². The van der Waals surface area contributed by atoms with Crippen molar-refractivity contribution in [1.82, 2.24) is 0 Å². The van der Waals surface area contributed by atoms with Gasteiger partial charge < -0.3 is 9.73 Å². The first-order valence-corrected chi connectivity index (χ1v) is 5.58. The van der Waals surface area contributed by atoms with Crippen molar-refractivity contribution in [2.75, 3.05) is 5.32 Å². The number of rotatable bonds is 3. The molecule has 0 spiro atoms. The first-order valence-electron chi connectivity index (χ1n) is 5.20. The molecule has 0 fully saturated rings. The molecule has 16 heavy (non-hydrogen) atoms. The largest absolute Gasteiger partial charge is 0.466 e. The third-order valence-corrected chi connectivity index (χ3v) is 2.72. The molecule has 2 nitrogen and oxygen atoms in total. The van der Waals surface area contributed by atoms with E-state index in [9.17, 15) is 0 Å². The number of halogens is 1. The monoisotopic (exact) mass is 235 g/mol. The molecule has 2 rings (SSSR count). The number of hydrogen-bond acceptors (Lipinski definition) is 2. The summed E-state index contributed by atoms with van der Waals surface area (Å²) in [6.45, 7) is 4.70. The van der Waals surface area contributed by atoms with Gasteiger partial charge in [-0.2, -0.15) is 0 Å². The van der Waals surface area contributed by atoms with E-state index < -0.39 is 0 Å². The van der Waals surface area contributed by atoms with Crippen molar-refractivity contribution in [2.45, 2.75) is 20.4 Å². The maximum atomic E-state index is 5.81. The van der Waals surface area contributed by atoms with Crippen molar-refractivity contribution in [3.8, 4) is 0 Å². The molecule has 1 aromatic heterocycles. The van der Waals surface area contributed by atoms with Gasteiger partial charge in [-0.25, -0.2) is 0 Å². The van der Waals surface area contributed by atoms with Crippen molar-refractivity contribution in [1.29, 1.82) is 0 Å². The quantitative estimate of drug-likeness (QED) is 0.864. The van der Waals surface area contributed by atoms with Crippen LogP contribution in [0.3, 0.4) is 0 Å². The zero-order chi connectivity index (χ0) is 11.5. The van der Waals surface area contributed by atoms with Crippen LogP contribution in [0.1, 0.15) is 17.1 Å². The topological polar surface area (TPSA) is 25.2 Å². The van der Waals surface area contributed by atoms with E-state index in [1.54, 1.807) is 0 Å². The smallest absolute Gasteiger partial charge is 0.106 e. The first-order chi connectivity index (χ1) is 7.65. The summed E-state index contributed by atoms with van der Waals surface area (Å²) in [5, 5.41) is 4.07. The molecule has 0 radical (unpaired) electrons. The van der Waals surface area contributed by atoms with Crippen LogP contribution < -0.4 is 5.32 Å². The fourth-order valence-electron chi connectivity index (χ4n) is 1.62. The predicted octanol–water partition coefficient (Wildman–Crippen LogP) is 4.16. The molecule has 1 heterocycles. The van der Waals surface area contributed by atoms with Gasteiger partial charge >= 0.3 is 0 Å². The van der Waals surface area contributed by atoms with E-state index in [-0.39, 0.29) is 0 Å². The molecule has 0 aliphatic rings. The number of nitrogens with one attached hydrogen (secondary N) is 1. The lowest BCUT2D eigenvalue weighted by Gasteiger charge is -2.05. The van der Waals surface area contributed by atoms with Gasteiger partial charge in [0.15, 0.2) is 0 Å². The zero-order valence-corrected chi connectivity index (χ0v) is 10.1. The fourth-order valence-corrected chi connectivity index (χ4v) is 1.75. The van der Waals surface area contributed by atoms with Gasteiger partial charge in [-0.05, 0) is 44.2 Å².